The van der Waals surface area contributed by atoms with Crippen LogP contribution in [0.3, 0.4) is 0 Å². The van der Waals surface area contributed by atoms with E-state index in [0.717, 1.165) is 0 Å². The minimum atomic E-state index is -0.989. The smallest absolute Gasteiger partial charge is 0.338 e. The number of rotatable bonds is 6. The van der Waals surface area contributed by atoms with Gasteiger partial charge in [0.1, 0.15) is 0 Å². The third-order valence-corrected chi connectivity index (χ3v) is 2.67. The Bertz CT molecular complexity index is 539. The van der Waals surface area contributed by atoms with Gasteiger partial charge in [-0.1, -0.05) is 6.07 Å². The summed E-state index contributed by atoms with van der Waals surface area (Å²) in [6.07, 6.45) is -0.405. The van der Waals surface area contributed by atoms with Crippen molar-refractivity contribution in [2.45, 2.75) is 33.3 Å². The highest BCUT2D eigenvalue weighted by molar-refractivity contribution is 5.95. The molecule has 0 heterocycles. The molecule has 0 aliphatic carbocycles. The lowest BCUT2D eigenvalue weighted by Crippen LogP contribution is -2.31. The van der Waals surface area contributed by atoms with Crippen molar-refractivity contribution in [2.75, 3.05) is 11.4 Å². The van der Waals surface area contributed by atoms with Gasteiger partial charge in [0, 0.05) is 19.2 Å². The molecular formula is C15H19NO5. The number of carbonyl (C=O) groups is 3. The Morgan fingerprint density at radius 1 is 1.29 bits per heavy atom. The van der Waals surface area contributed by atoms with E-state index in [9.17, 15) is 14.4 Å². The maximum Gasteiger partial charge on any atom is 0.338 e. The van der Waals surface area contributed by atoms with Crippen LogP contribution in [0.1, 0.15) is 37.6 Å². The lowest BCUT2D eigenvalue weighted by molar-refractivity contribution is -0.136. The SMILES string of the molecule is CC(=O)N(CCC(=O)O)c1cccc(C(=O)OC(C)C)c1. The van der Waals surface area contributed by atoms with E-state index in [4.69, 9.17) is 9.84 Å². The summed E-state index contributed by atoms with van der Waals surface area (Å²) < 4.78 is 5.09. The summed E-state index contributed by atoms with van der Waals surface area (Å²) in [6, 6.07) is 6.38. The van der Waals surface area contributed by atoms with E-state index < -0.39 is 11.9 Å². The second-order valence-electron chi connectivity index (χ2n) is 4.82. The number of anilines is 1. The van der Waals surface area contributed by atoms with Gasteiger partial charge in [0.25, 0.3) is 0 Å². The third-order valence-electron chi connectivity index (χ3n) is 2.67. The van der Waals surface area contributed by atoms with Gasteiger partial charge in [-0.05, 0) is 32.0 Å². The number of ether oxygens (including phenoxy) is 1. The number of hydrogen-bond donors (Lipinski definition) is 1. The molecule has 6 nitrogen and oxygen atoms in total. The number of carboxylic acids is 1. The summed E-state index contributed by atoms with van der Waals surface area (Å²) >= 11 is 0. The fourth-order valence-corrected chi connectivity index (χ4v) is 1.76. The summed E-state index contributed by atoms with van der Waals surface area (Å²) in [6.45, 7) is 4.89. The molecule has 0 saturated heterocycles. The Labute approximate surface area is 123 Å². The van der Waals surface area contributed by atoms with E-state index in [1.165, 1.54) is 17.9 Å². The number of carboxylic acid groups (broad SMARTS) is 1. The zero-order valence-corrected chi connectivity index (χ0v) is 12.3. The van der Waals surface area contributed by atoms with Crippen molar-refractivity contribution in [3.8, 4) is 0 Å². The second-order valence-corrected chi connectivity index (χ2v) is 4.82. The van der Waals surface area contributed by atoms with Gasteiger partial charge in [-0.2, -0.15) is 0 Å². The Balaban J connectivity index is 2.97. The van der Waals surface area contributed by atoms with Gasteiger partial charge in [-0.25, -0.2) is 4.79 Å². The number of amides is 1. The van der Waals surface area contributed by atoms with Crippen LogP contribution in [0.25, 0.3) is 0 Å². The first-order valence-electron chi connectivity index (χ1n) is 6.62. The van der Waals surface area contributed by atoms with Crippen LogP contribution >= 0.6 is 0 Å². The number of nitrogens with zero attached hydrogens (tertiary/aromatic N) is 1. The van der Waals surface area contributed by atoms with Crippen molar-refractivity contribution in [2.24, 2.45) is 0 Å². The molecule has 0 aliphatic heterocycles. The van der Waals surface area contributed by atoms with E-state index >= 15 is 0 Å². The second kappa shape index (κ2) is 7.42. The van der Waals surface area contributed by atoms with Crippen LogP contribution in [0, 0.1) is 0 Å². The van der Waals surface area contributed by atoms with Crippen molar-refractivity contribution in [3.63, 3.8) is 0 Å². The Kier molecular flexibility index (Phi) is 5.90. The van der Waals surface area contributed by atoms with Crippen LogP contribution in [-0.2, 0) is 14.3 Å². The number of aliphatic carboxylic acids is 1. The maximum absolute atomic E-state index is 11.8. The molecular weight excluding hydrogens is 274 g/mol. The molecule has 114 valence electrons. The number of hydrogen-bond acceptors (Lipinski definition) is 4. The quantitative estimate of drug-likeness (QED) is 0.812. The molecule has 1 rings (SSSR count). The first kappa shape index (κ1) is 16.7. The summed E-state index contributed by atoms with van der Waals surface area (Å²) in [5.41, 5.74) is 0.796. The molecule has 0 saturated carbocycles. The Morgan fingerprint density at radius 3 is 2.48 bits per heavy atom. The fourth-order valence-electron chi connectivity index (χ4n) is 1.76. The third kappa shape index (κ3) is 5.25. The van der Waals surface area contributed by atoms with Gasteiger partial charge in [0.2, 0.25) is 5.91 Å². The predicted octanol–water partition coefficient (Wildman–Crippen LogP) is 2.08. The highest BCUT2D eigenvalue weighted by Gasteiger charge is 2.16. The highest BCUT2D eigenvalue weighted by atomic mass is 16.5. The highest BCUT2D eigenvalue weighted by Crippen LogP contribution is 2.18. The predicted molar refractivity (Wildman–Crippen MR) is 77.3 cm³/mol. The zero-order valence-electron chi connectivity index (χ0n) is 12.3. The van der Waals surface area contributed by atoms with Crippen molar-refractivity contribution in [1.29, 1.82) is 0 Å². The minimum absolute atomic E-state index is 0.0490. The molecule has 1 amide bonds. The van der Waals surface area contributed by atoms with Crippen LogP contribution < -0.4 is 4.90 Å². The summed E-state index contributed by atoms with van der Waals surface area (Å²) in [7, 11) is 0. The lowest BCUT2D eigenvalue weighted by Gasteiger charge is -2.21. The van der Waals surface area contributed by atoms with Crippen molar-refractivity contribution >= 4 is 23.5 Å². The van der Waals surface area contributed by atoms with E-state index in [1.807, 2.05) is 0 Å². The summed E-state index contributed by atoms with van der Waals surface area (Å²) in [5, 5.41) is 8.72. The van der Waals surface area contributed by atoms with E-state index in [-0.39, 0.29) is 25.0 Å². The van der Waals surface area contributed by atoms with Crippen molar-refractivity contribution in [1.82, 2.24) is 0 Å². The maximum atomic E-state index is 11.8. The lowest BCUT2D eigenvalue weighted by atomic mass is 10.1. The van der Waals surface area contributed by atoms with Gasteiger partial charge in [0.15, 0.2) is 0 Å². The van der Waals surface area contributed by atoms with E-state index in [0.29, 0.717) is 11.3 Å². The molecule has 21 heavy (non-hydrogen) atoms. The zero-order chi connectivity index (χ0) is 16.0. The van der Waals surface area contributed by atoms with Crippen LogP contribution in [0.15, 0.2) is 24.3 Å². The molecule has 1 aromatic carbocycles. The van der Waals surface area contributed by atoms with E-state index in [1.54, 1.807) is 32.0 Å². The normalized spacial score (nSPS) is 10.3. The molecule has 0 bridgehead atoms. The van der Waals surface area contributed by atoms with Crippen LogP contribution in [0.2, 0.25) is 0 Å². The standard InChI is InChI=1S/C15H19NO5/c1-10(2)21-15(20)12-5-4-6-13(9-12)16(11(3)17)8-7-14(18)19/h4-6,9-10H,7-8H2,1-3H3,(H,18,19). The molecule has 1 aromatic rings. The first-order valence-corrected chi connectivity index (χ1v) is 6.62. The average Bonchev–Trinajstić information content (AvgIpc) is 2.37. The van der Waals surface area contributed by atoms with Crippen LogP contribution in [-0.4, -0.2) is 35.6 Å². The molecule has 6 heteroatoms. The molecule has 0 radical (unpaired) electrons. The monoisotopic (exact) mass is 293 g/mol. The first-order chi connectivity index (χ1) is 9.81. The summed E-state index contributed by atoms with van der Waals surface area (Å²) in [4.78, 5) is 35.4. The average molecular weight is 293 g/mol. The molecule has 0 aromatic heterocycles. The molecule has 0 spiro atoms. The number of benzene rings is 1. The van der Waals surface area contributed by atoms with Gasteiger partial charge < -0.3 is 14.7 Å². The van der Waals surface area contributed by atoms with Gasteiger partial charge in [-0.15, -0.1) is 0 Å². The van der Waals surface area contributed by atoms with Gasteiger partial charge >= 0.3 is 11.9 Å². The fraction of sp³-hybridized carbons (Fsp3) is 0.400. The van der Waals surface area contributed by atoms with Gasteiger partial charge in [-0.3, -0.25) is 9.59 Å². The van der Waals surface area contributed by atoms with Crippen molar-refractivity contribution < 1.29 is 24.2 Å². The van der Waals surface area contributed by atoms with E-state index in [2.05, 4.69) is 0 Å². The molecule has 1 N–H and O–H groups in total. The molecule has 0 unspecified atom stereocenters. The topological polar surface area (TPSA) is 83.9 Å². The summed E-state index contributed by atoms with van der Waals surface area (Å²) in [5.74, 6) is -1.75. The number of carbonyl (C=O) groups excluding carboxylic acids is 2. The van der Waals surface area contributed by atoms with Crippen molar-refractivity contribution in [3.05, 3.63) is 29.8 Å². The molecule has 0 atom stereocenters. The molecule has 0 fully saturated rings. The Hall–Kier alpha value is -2.37. The van der Waals surface area contributed by atoms with Crippen LogP contribution in [0.4, 0.5) is 5.69 Å². The van der Waals surface area contributed by atoms with Gasteiger partial charge in [0.05, 0.1) is 18.1 Å². The largest absolute Gasteiger partial charge is 0.481 e. The molecule has 0 aliphatic rings. The van der Waals surface area contributed by atoms with Crippen LogP contribution in [0.5, 0.6) is 0 Å². The number of esters is 1. The minimum Gasteiger partial charge on any atom is -0.481 e. The Morgan fingerprint density at radius 2 is 1.95 bits per heavy atom.